The molecule has 0 amide bonds. The van der Waals surface area contributed by atoms with Gasteiger partial charge in [-0.2, -0.15) is 0 Å². The van der Waals surface area contributed by atoms with E-state index in [1.54, 1.807) is 0 Å². The van der Waals surface area contributed by atoms with Crippen LogP contribution in [-0.4, -0.2) is 16.5 Å². The van der Waals surface area contributed by atoms with Crippen molar-refractivity contribution in [2.45, 2.75) is 25.3 Å². The number of para-hydroxylation sites is 2. The van der Waals surface area contributed by atoms with Crippen molar-refractivity contribution >= 4 is 22.5 Å². The van der Waals surface area contributed by atoms with Gasteiger partial charge in [0, 0.05) is 6.54 Å². The van der Waals surface area contributed by atoms with Crippen molar-refractivity contribution in [2.24, 2.45) is 0 Å². The van der Waals surface area contributed by atoms with E-state index in [1.807, 2.05) is 29.2 Å². The van der Waals surface area contributed by atoms with Crippen molar-refractivity contribution < 1.29 is 13.7 Å². The molecule has 1 aliphatic rings. The molecule has 0 N–H and O–H groups in total. The molecule has 0 unspecified atom stereocenters. The number of rotatable bonds is 3. The average molecular weight is 341 g/mol. The average Bonchev–Trinajstić information content (AvgIpc) is 3.05. The number of hydrogen-bond donors (Lipinski definition) is 0. The fraction of sp³-hybridized carbons (Fsp3) is 0.278. The highest BCUT2D eigenvalue weighted by molar-refractivity contribution is 5.72. The summed E-state index contributed by atoms with van der Waals surface area (Å²) in [6.45, 7) is 0.635. The number of nitro benzene ring substituents is 1. The number of oxazole rings is 1. The third-order valence-corrected chi connectivity index (χ3v) is 4.54. The lowest BCUT2D eigenvalue weighted by Gasteiger charge is -2.35. The third-order valence-electron chi connectivity index (χ3n) is 4.54. The first-order chi connectivity index (χ1) is 12.1. The quantitative estimate of drug-likeness (QED) is 0.514. The number of benzene rings is 2. The van der Waals surface area contributed by atoms with Crippen LogP contribution < -0.4 is 4.90 Å². The number of nitro groups is 1. The van der Waals surface area contributed by atoms with Gasteiger partial charge in [0.15, 0.2) is 5.58 Å². The first kappa shape index (κ1) is 15.6. The summed E-state index contributed by atoms with van der Waals surface area (Å²) in [7, 11) is 0. The zero-order chi connectivity index (χ0) is 17.4. The van der Waals surface area contributed by atoms with Gasteiger partial charge in [0.25, 0.3) is 5.69 Å². The molecular weight excluding hydrogens is 325 g/mol. The number of nitrogens with zero attached hydrogens (tertiary/aromatic N) is 3. The zero-order valence-electron chi connectivity index (χ0n) is 13.4. The molecule has 0 bridgehead atoms. The second-order valence-corrected chi connectivity index (χ2v) is 6.11. The van der Waals surface area contributed by atoms with E-state index < -0.39 is 10.7 Å². The lowest BCUT2D eigenvalue weighted by molar-refractivity contribution is -0.384. The van der Waals surface area contributed by atoms with E-state index in [4.69, 9.17) is 4.42 Å². The van der Waals surface area contributed by atoms with Crippen LogP contribution >= 0.6 is 0 Å². The summed E-state index contributed by atoms with van der Waals surface area (Å²) < 4.78 is 19.4. The van der Waals surface area contributed by atoms with Crippen molar-refractivity contribution in [1.82, 2.24) is 4.98 Å². The summed E-state index contributed by atoms with van der Waals surface area (Å²) in [5, 5.41) is 11.4. The highest BCUT2D eigenvalue weighted by Gasteiger charge is 2.32. The van der Waals surface area contributed by atoms with E-state index in [-0.39, 0.29) is 11.7 Å². The van der Waals surface area contributed by atoms with Gasteiger partial charge >= 0.3 is 0 Å². The Morgan fingerprint density at radius 1 is 1.24 bits per heavy atom. The van der Waals surface area contributed by atoms with Gasteiger partial charge in [-0.25, -0.2) is 9.37 Å². The van der Waals surface area contributed by atoms with Crippen molar-refractivity contribution in [3.05, 3.63) is 64.3 Å². The maximum absolute atomic E-state index is 13.5. The molecule has 1 aromatic heterocycles. The molecule has 1 saturated heterocycles. The van der Waals surface area contributed by atoms with Crippen LogP contribution in [0.4, 0.5) is 15.8 Å². The van der Waals surface area contributed by atoms with Crippen LogP contribution in [-0.2, 0) is 0 Å². The second kappa shape index (κ2) is 6.16. The molecule has 2 aromatic carbocycles. The third kappa shape index (κ3) is 2.82. The molecule has 0 spiro atoms. The summed E-state index contributed by atoms with van der Waals surface area (Å²) >= 11 is 0. The lowest BCUT2D eigenvalue weighted by Crippen LogP contribution is -2.34. The van der Waals surface area contributed by atoms with E-state index in [0.29, 0.717) is 23.7 Å². The van der Waals surface area contributed by atoms with Gasteiger partial charge in [0.05, 0.1) is 11.0 Å². The molecule has 0 aliphatic carbocycles. The molecule has 0 saturated carbocycles. The molecule has 1 fully saturated rings. The fourth-order valence-electron chi connectivity index (χ4n) is 3.39. The van der Waals surface area contributed by atoms with E-state index in [2.05, 4.69) is 4.98 Å². The molecule has 25 heavy (non-hydrogen) atoms. The maximum atomic E-state index is 13.5. The van der Waals surface area contributed by atoms with Crippen LogP contribution in [0.5, 0.6) is 0 Å². The highest BCUT2D eigenvalue weighted by Crippen LogP contribution is 2.40. The minimum Gasteiger partial charge on any atom is -0.438 e. The van der Waals surface area contributed by atoms with E-state index >= 15 is 0 Å². The number of anilines is 1. The molecule has 3 aromatic rings. The Balaban J connectivity index is 1.78. The van der Waals surface area contributed by atoms with Gasteiger partial charge in [-0.1, -0.05) is 12.1 Å². The molecule has 2 heterocycles. The standard InChI is InChI=1S/C18H16FN3O3/c19-12-8-9-14(16(11-12)22(23)24)21-10-4-3-6-15(21)18-20-13-5-1-2-7-17(13)25-18/h1-2,5,7-9,11,15H,3-4,6,10H2/t15-/m0/s1. The van der Waals surface area contributed by atoms with Crippen molar-refractivity contribution in [1.29, 1.82) is 0 Å². The van der Waals surface area contributed by atoms with Crippen molar-refractivity contribution in [3.8, 4) is 0 Å². The first-order valence-electron chi connectivity index (χ1n) is 8.19. The molecule has 6 nitrogen and oxygen atoms in total. The molecule has 7 heteroatoms. The van der Waals surface area contributed by atoms with Gasteiger partial charge < -0.3 is 9.32 Å². The van der Waals surface area contributed by atoms with Crippen LogP contribution in [0, 0.1) is 15.9 Å². The molecule has 1 aliphatic heterocycles. The molecule has 4 rings (SSSR count). The number of piperidine rings is 1. The minimum atomic E-state index is -0.620. The zero-order valence-corrected chi connectivity index (χ0v) is 13.4. The Kier molecular flexibility index (Phi) is 3.83. The summed E-state index contributed by atoms with van der Waals surface area (Å²) in [5.74, 6) is -0.0783. The van der Waals surface area contributed by atoms with Crippen LogP contribution in [0.25, 0.3) is 11.1 Å². The molecule has 128 valence electrons. The Morgan fingerprint density at radius 3 is 2.88 bits per heavy atom. The predicted octanol–water partition coefficient (Wildman–Crippen LogP) is 4.61. The maximum Gasteiger partial charge on any atom is 0.295 e. The smallest absolute Gasteiger partial charge is 0.295 e. The van der Waals surface area contributed by atoms with Crippen LogP contribution in [0.1, 0.15) is 31.2 Å². The number of fused-ring (bicyclic) bond motifs is 1. The first-order valence-corrected chi connectivity index (χ1v) is 8.19. The summed E-state index contributed by atoms with van der Waals surface area (Å²) in [4.78, 5) is 17.3. The van der Waals surface area contributed by atoms with E-state index in [0.717, 1.165) is 30.8 Å². The van der Waals surface area contributed by atoms with Gasteiger partial charge in [0.1, 0.15) is 23.1 Å². The summed E-state index contributed by atoms with van der Waals surface area (Å²) in [5.41, 5.74) is 1.62. The van der Waals surface area contributed by atoms with Crippen molar-refractivity contribution in [3.63, 3.8) is 0 Å². The molecule has 1 atom stereocenters. The van der Waals surface area contributed by atoms with Gasteiger partial charge in [0.2, 0.25) is 5.89 Å². The Hall–Kier alpha value is -2.96. The van der Waals surface area contributed by atoms with E-state index in [9.17, 15) is 14.5 Å². The Morgan fingerprint density at radius 2 is 2.08 bits per heavy atom. The van der Waals surface area contributed by atoms with Crippen LogP contribution in [0.2, 0.25) is 0 Å². The fourth-order valence-corrected chi connectivity index (χ4v) is 3.39. The minimum absolute atomic E-state index is 0.203. The number of hydrogen-bond acceptors (Lipinski definition) is 5. The number of halogens is 1. The summed E-state index contributed by atoms with van der Waals surface area (Å²) in [6.07, 6.45) is 2.67. The van der Waals surface area contributed by atoms with Gasteiger partial charge in [-0.15, -0.1) is 0 Å². The molecule has 0 radical (unpaired) electrons. The lowest BCUT2D eigenvalue weighted by atomic mass is 10.0. The summed E-state index contributed by atoms with van der Waals surface area (Å²) in [6, 6.07) is 11.0. The van der Waals surface area contributed by atoms with Gasteiger partial charge in [-0.05, 0) is 43.5 Å². The largest absolute Gasteiger partial charge is 0.438 e. The monoisotopic (exact) mass is 341 g/mol. The normalized spacial score (nSPS) is 17.8. The van der Waals surface area contributed by atoms with Crippen LogP contribution in [0.15, 0.2) is 46.9 Å². The Labute approximate surface area is 143 Å². The molecular formula is C18H16FN3O3. The second-order valence-electron chi connectivity index (χ2n) is 6.11. The van der Waals surface area contributed by atoms with Gasteiger partial charge in [-0.3, -0.25) is 10.1 Å². The topological polar surface area (TPSA) is 72.4 Å². The van der Waals surface area contributed by atoms with Crippen LogP contribution in [0.3, 0.4) is 0 Å². The van der Waals surface area contributed by atoms with Crippen molar-refractivity contribution in [2.75, 3.05) is 11.4 Å². The van der Waals surface area contributed by atoms with E-state index in [1.165, 1.54) is 12.1 Å². The Bertz CT molecular complexity index is 907. The SMILES string of the molecule is O=[N+]([O-])c1cc(F)ccc1N1CCCC[C@H]1c1nc2ccccc2o1. The highest BCUT2D eigenvalue weighted by atomic mass is 19.1. The predicted molar refractivity (Wildman–Crippen MR) is 91.0 cm³/mol. The number of aromatic nitrogens is 1.